The van der Waals surface area contributed by atoms with E-state index in [9.17, 15) is 0 Å². The van der Waals surface area contributed by atoms with Crippen LogP contribution in [0, 0.1) is 11.3 Å². The van der Waals surface area contributed by atoms with Gasteiger partial charge in [-0.1, -0.05) is 44.2 Å². The minimum Gasteiger partial charge on any atom is -0.378 e. The first kappa shape index (κ1) is 14.5. The van der Waals surface area contributed by atoms with E-state index in [-0.39, 0.29) is 0 Å². The Hall–Kier alpha value is -0.860. The summed E-state index contributed by atoms with van der Waals surface area (Å²) in [6, 6.07) is 10.8. The second-order valence-electron chi connectivity index (χ2n) is 6.31. The molecule has 2 heteroatoms. The van der Waals surface area contributed by atoms with Crippen molar-refractivity contribution in [2.45, 2.75) is 45.6 Å². The molecule has 1 fully saturated rings. The summed E-state index contributed by atoms with van der Waals surface area (Å²) >= 11 is 0. The Morgan fingerprint density at radius 1 is 1.32 bits per heavy atom. The highest BCUT2D eigenvalue weighted by atomic mass is 16.5. The van der Waals surface area contributed by atoms with Gasteiger partial charge in [-0.3, -0.25) is 0 Å². The molecule has 0 radical (unpaired) electrons. The van der Waals surface area contributed by atoms with Crippen molar-refractivity contribution >= 4 is 0 Å². The first-order valence-electron chi connectivity index (χ1n) is 7.51. The second kappa shape index (κ2) is 6.53. The van der Waals surface area contributed by atoms with Crippen LogP contribution in [0.3, 0.4) is 0 Å². The lowest BCUT2D eigenvalue weighted by atomic mass is 9.69. The summed E-state index contributed by atoms with van der Waals surface area (Å²) < 4.78 is 5.94. The minimum absolute atomic E-state index is 0.337. The van der Waals surface area contributed by atoms with Crippen LogP contribution in [-0.2, 0) is 11.2 Å². The van der Waals surface area contributed by atoms with Gasteiger partial charge in [0.1, 0.15) is 0 Å². The molecule has 1 saturated heterocycles. The molecule has 2 atom stereocenters. The third kappa shape index (κ3) is 3.80. The highest BCUT2D eigenvalue weighted by Crippen LogP contribution is 2.41. The van der Waals surface area contributed by atoms with Crippen molar-refractivity contribution in [3.8, 4) is 0 Å². The molecule has 0 spiro atoms. The Morgan fingerprint density at radius 2 is 2.05 bits per heavy atom. The highest BCUT2D eigenvalue weighted by molar-refractivity contribution is 5.17. The monoisotopic (exact) mass is 261 g/mol. The molecule has 106 valence electrons. The van der Waals surface area contributed by atoms with Gasteiger partial charge in [-0.15, -0.1) is 0 Å². The maximum absolute atomic E-state index is 5.94. The molecule has 1 heterocycles. The van der Waals surface area contributed by atoms with Crippen LogP contribution in [0.5, 0.6) is 0 Å². The lowest BCUT2D eigenvalue weighted by molar-refractivity contribution is -0.0714. The third-order valence-electron chi connectivity index (χ3n) is 4.44. The Balaban J connectivity index is 2.12. The smallest absolute Gasteiger partial charge is 0.0603 e. The van der Waals surface area contributed by atoms with Crippen LogP contribution < -0.4 is 5.73 Å². The highest BCUT2D eigenvalue weighted by Gasteiger charge is 2.37. The summed E-state index contributed by atoms with van der Waals surface area (Å²) in [5.41, 5.74) is 7.65. The van der Waals surface area contributed by atoms with Crippen LogP contribution in [0.2, 0.25) is 0 Å². The second-order valence-corrected chi connectivity index (χ2v) is 6.31. The fraction of sp³-hybridized carbons (Fsp3) is 0.647. The topological polar surface area (TPSA) is 35.2 Å². The van der Waals surface area contributed by atoms with Gasteiger partial charge in [0, 0.05) is 6.61 Å². The van der Waals surface area contributed by atoms with Gasteiger partial charge in [-0.25, -0.2) is 0 Å². The van der Waals surface area contributed by atoms with E-state index in [1.807, 2.05) is 0 Å². The Labute approximate surface area is 117 Å². The standard InChI is InChI=1S/C17H27NO/c1-14(2)16-13-17(8-10-18,9-11-19-16)12-15-6-4-3-5-7-15/h3-7,14,16H,8-13,18H2,1-2H3/t16-,17+/m0/s1. The van der Waals surface area contributed by atoms with Gasteiger partial charge >= 0.3 is 0 Å². The number of benzene rings is 1. The Kier molecular flexibility index (Phi) is 5.00. The number of ether oxygens (including phenoxy) is 1. The van der Waals surface area contributed by atoms with Gasteiger partial charge < -0.3 is 10.5 Å². The molecule has 1 aromatic carbocycles. The van der Waals surface area contributed by atoms with Crippen LogP contribution in [0.15, 0.2) is 30.3 Å². The largest absolute Gasteiger partial charge is 0.378 e. The van der Waals surface area contributed by atoms with E-state index in [1.54, 1.807) is 0 Å². The van der Waals surface area contributed by atoms with Crippen molar-refractivity contribution in [2.75, 3.05) is 13.2 Å². The van der Waals surface area contributed by atoms with Crippen LogP contribution in [0.4, 0.5) is 0 Å². The molecule has 19 heavy (non-hydrogen) atoms. The zero-order chi connectivity index (χ0) is 13.7. The normalized spacial score (nSPS) is 27.7. The minimum atomic E-state index is 0.337. The van der Waals surface area contributed by atoms with Crippen molar-refractivity contribution in [1.29, 1.82) is 0 Å². The Morgan fingerprint density at radius 3 is 2.68 bits per heavy atom. The summed E-state index contributed by atoms with van der Waals surface area (Å²) in [4.78, 5) is 0. The predicted molar refractivity (Wildman–Crippen MR) is 80.1 cm³/mol. The summed E-state index contributed by atoms with van der Waals surface area (Å²) in [6.45, 7) is 6.17. The van der Waals surface area contributed by atoms with Gasteiger partial charge in [0.25, 0.3) is 0 Å². The quantitative estimate of drug-likeness (QED) is 0.881. The summed E-state index contributed by atoms with van der Waals surface area (Å²) in [5, 5.41) is 0. The number of hydrogen-bond donors (Lipinski definition) is 1. The fourth-order valence-electron chi connectivity index (χ4n) is 3.25. The van der Waals surface area contributed by atoms with E-state index >= 15 is 0 Å². The first-order chi connectivity index (χ1) is 9.15. The number of hydrogen-bond acceptors (Lipinski definition) is 2. The molecule has 0 aromatic heterocycles. The van der Waals surface area contributed by atoms with E-state index in [0.29, 0.717) is 17.4 Å². The molecule has 1 aliphatic heterocycles. The molecule has 0 bridgehead atoms. The molecule has 0 saturated carbocycles. The molecular formula is C17H27NO. The lowest BCUT2D eigenvalue weighted by Gasteiger charge is -2.42. The molecule has 2 rings (SSSR count). The van der Waals surface area contributed by atoms with Crippen molar-refractivity contribution in [1.82, 2.24) is 0 Å². The first-order valence-corrected chi connectivity index (χ1v) is 7.51. The summed E-state index contributed by atoms with van der Waals surface area (Å²) in [7, 11) is 0. The fourth-order valence-corrected chi connectivity index (χ4v) is 3.25. The van der Waals surface area contributed by atoms with Crippen LogP contribution in [0.25, 0.3) is 0 Å². The van der Waals surface area contributed by atoms with E-state index in [2.05, 4.69) is 44.2 Å². The maximum Gasteiger partial charge on any atom is 0.0603 e. The van der Waals surface area contributed by atoms with Gasteiger partial charge in [0.05, 0.1) is 6.10 Å². The van der Waals surface area contributed by atoms with Crippen molar-refractivity contribution in [3.63, 3.8) is 0 Å². The molecule has 2 nitrogen and oxygen atoms in total. The van der Waals surface area contributed by atoms with Crippen molar-refractivity contribution in [3.05, 3.63) is 35.9 Å². The van der Waals surface area contributed by atoms with E-state index in [0.717, 1.165) is 38.8 Å². The molecule has 0 aliphatic carbocycles. The molecule has 0 amide bonds. The summed E-state index contributed by atoms with van der Waals surface area (Å²) in [6.07, 6.45) is 4.93. The average molecular weight is 261 g/mol. The van der Waals surface area contributed by atoms with Crippen LogP contribution in [0.1, 0.15) is 38.7 Å². The van der Waals surface area contributed by atoms with E-state index < -0.39 is 0 Å². The zero-order valence-corrected chi connectivity index (χ0v) is 12.3. The molecular weight excluding hydrogens is 234 g/mol. The Bertz CT molecular complexity index is 372. The molecule has 2 N–H and O–H groups in total. The predicted octanol–water partition coefficient (Wildman–Crippen LogP) is 3.40. The zero-order valence-electron chi connectivity index (χ0n) is 12.3. The average Bonchev–Trinajstić information content (AvgIpc) is 2.40. The molecule has 1 aromatic rings. The van der Waals surface area contributed by atoms with Gasteiger partial charge in [0.15, 0.2) is 0 Å². The van der Waals surface area contributed by atoms with Gasteiger partial charge in [-0.05, 0) is 49.1 Å². The van der Waals surface area contributed by atoms with E-state index in [4.69, 9.17) is 10.5 Å². The number of rotatable bonds is 5. The maximum atomic E-state index is 5.94. The molecule has 1 aliphatic rings. The third-order valence-corrected chi connectivity index (χ3v) is 4.44. The van der Waals surface area contributed by atoms with Gasteiger partial charge in [-0.2, -0.15) is 0 Å². The summed E-state index contributed by atoms with van der Waals surface area (Å²) in [5.74, 6) is 0.591. The SMILES string of the molecule is CC(C)[C@@H]1C[C@@](CCN)(Cc2ccccc2)CCO1. The number of nitrogens with two attached hydrogens (primary N) is 1. The van der Waals surface area contributed by atoms with Crippen molar-refractivity contribution in [2.24, 2.45) is 17.1 Å². The van der Waals surface area contributed by atoms with E-state index in [1.165, 1.54) is 5.56 Å². The van der Waals surface area contributed by atoms with Gasteiger partial charge in [0.2, 0.25) is 0 Å². The lowest BCUT2D eigenvalue weighted by Crippen LogP contribution is -2.40. The van der Waals surface area contributed by atoms with Crippen LogP contribution in [-0.4, -0.2) is 19.3 Å². The van der Waals surface area contributed by atoms with Crippen molar-refractivity contribution < 1.29 is 4.74 Å². The molecule has 0 unspecified atom stereocenters. The van der Waals surface area contributed by atoms with Crippen LogP contribution >= 0.6 is 0 Å².